The minimum atomic E-state index is -0.625. The van der Waals surface area contributed by atoms with E-state index in [2.05, 4.69) is 0 Å². The standard InChI is InChI=1S/C19H19NO4/c1-12(15-7-5-4-6-8-15)20-16-9-14(11-21)10-17(23-3)18(16)24-13(2)19(20)22/h4-13H,1-3H3. The Morgan fingerprint density at radius 1 is 1.25 bits per heavy atom. The van der Waals surface area contributed by atoms with Gasteiger partial charge in [-0.15, -0.1) is 0 Å². The lowest BCUT2D eigenvalue weighted by Crippen LogP contribution is -2.45. The van der Waals surface area contributed by atoms with Gasteiger partial charge in [0, 0.05) is 5.56 Å². The molecule has 0 aliphatic carbocycles. The average Bonchev–Trinajstić information content (AvgIpc) is 2.62. The molecule has 0 fully saturated rings. The number of hydrogen-bond donors (Lipinski definition) is 0. The third kappa shape index (κ3) is 2.62. The molecule has 5 heteroatoms. The second kappa shape index (κ2) is 6.35. The van der Waals surface area contributed by atoms with Crippen LogP contribution < -0.4 is 14.4 Å². The van der Waals surface area contributed by atoms with Crippen LogP contribution >= 0.6 is 0 Å². The topological polar surface area (TPSA) is 55.8 Å². The number of carbonyl (C=O) groups is 2. The second-order valence-corrected chi connectivity index (χ2v) is 5.74. The maximum Gasteiger partial charge on any atom is 0.268 e. The highest BCUT2D eigenvalue weighted by Crippen LogP contribution is 2.45. The van der Waals surface area contributed by atoms with E-state index in [1.54, 1.807) is 24.0 Å². The van der Waals surface area contributed by atoms with Crippen molar-refractivity contribution in [1.29, 1.82) is 0 Å². The number of rotatable bonds is 4. The molecule has 24 heavy (non-hydrogen) atoms. The van der Waals surface area contributed by atoms with E-state index in [1.807, 2.05) is 37.3 Å². The van der Waals surface area contributed by atoms with Crippen LogP contribution in [0.3, 0.4) is 0 Å². The number of methoxy groups -OCH3 is 1. The number of ether oxygens (including phenoxy) is 2. The quantitative estimate of drug-likeness (QED) is 0.809. The van der Waals surface area contributed by atoms with Gasteiger partial charge in [0.15, 0.2) is 17.6 Å². The minimum absolute atomic E-state index is 0.149. The Bertz CT molecular complexity index is 772. The summed E-state index contributed by atoms with van der Waals surface area (Å²) in [7, 11) is 1.51. The SMILES string of the molecule is COc1cc(C=O)cc2c1OC(C)C(=O)N2C(C)c1ccccc1. The molecule has 0 aromatic heterocycles. The first-order chi connectivity index (χ1) is 11.6. The lowest BCUT2D eigenvalue weighted by Gasteiger charge is -2.37. The molecule has 0 N–H and O–H groups in total. The Kier molecular flexibility index (Phi) is 4.25. The van der Waals surface area contributed by atoms with Crippen LogP contribution in [0.25, 0.3) is 0 Å². The normalized spacial score (nSPS) is 17.7. The minimum Gasteiger partial charge on any atom is -0.493 e. The number of hydrogen-bond acceptors (Lipinski definition) is 4. The highest BCUT2D eigenvalue weighted by Gasteiger charge is 2.37. The van der Waals surface area contributed by atoms with E-state index in [9.17, 15) is 9.59 Å². The molecule has 1 aliphatic rings. The van der Waals surface area contributed by atoms with Crippen molar-refractivity contribution in [2.75, 3.05) is 12.0 Å². The predicted molar refractivity (Wildman–Crippen MR) is 90.8 cm³/mol. The van der Waals surface area contributed by atoms with Crippen LogP contribution in [-0.4, -0.2) is 25.4 Å². The molecule has 2 aromatic rings. The van der Waals surface area contributed by atoms with Gasteiger partial charge in [-0.1, -0.05) is 30.3 Å². The first-order valence-electron chi connectivity index (χ1n) is 7.78. The van der Waals surface area contributed by atoms with E-state index < -0.39 is 6.10 Å². The zero-order chi connectivity index (χ0) is 17.3. The van der Waals surface area contributed by atoms with Gasteiger partial charge >= 0.3 is 0 Å². The Morgan fingerprint density at radius 3 is 2.58 bits per heavy atom. The molecule has 0 radical (unpaired) electrons. The van der Waals surface area contributed by atoms with Gasteiger partial charge in [-0.3, -0.25) is 14.5 Å². The summed E-state index contributed by atoms with van der Waals surface area (Å²) in [5.41, 5.74) is 1.99. The third-order valence-corrected chi connectivity index (χ3v) is 4.22. The lowest BCUT2D eigenvalue weighted by atomic mass is 10.0. The molecule has 5 nitrogen and oxygen atoms in total. The molecule has 3 rings (SSSR count). The zero-order valence-corrected chi connectivity index (χ0v) is 13.9. The summed E-state index contributed by atoms with van der Waals surface area (Å²) in [4.78, 5) is 25.7. The van der Waals surface area contributed by atoms with E-state index >= 15 is 0 Å². The number of benzene rings is 2. The molecule has 2 atom stereocenters. The van der Waals surface area contributed by atoms with Crippen LogP contribution in [0, 0.1) is 0 Å². The summed E-state index contributed by atoms with van der Waals surface area (Å²) in [6, 6.07) is 12.8. The molecule has 124 valence electrons. The van der Waals surface area contributed by atoms with E-state index in [0.717, 1.165) is 11.8 Å². The summed E-state index contributed by atoms with van der Waals surface area (Å²) >= 11 is 0. The summed E-state index contributed by atoms with van der Waals surface area (Å²) in [5, 5.41) is 0. The van der Waals surface area contributed by atoms with Crippen molar-refractivity contribution in [2.45, 2.75) is 26.0 Å². The van der Waals surface area contributed by atoms with Gasteiger partial charge in [0.05, 0.1) is 18.8 Å². The molecule has 0 saturated carbocycles. The van der Waals surface area contributed by atoms with E-state index in [4.69, 9.17) is 9.47 Å². The van der Waals surface area contributed by atoms with E-state index in [0.29, 0.717) is 22.7 Å². The van der Waals surface area contributed by atoms with Crippen molar-refractivity contribution in [2.24, 2.45) is 0 Å². The largest absolute Gasteiger partial charge is 0.493 e. The molecular formula is C19H19NO4. The number of carbonyl (C=O) groups excluding carboxylic acids is 2. The molecule has 0 bridgehead atoms. The maximum absolute atomic E-state index is 12.8. The summed E-state index contributed by atoms with van der Waals surface area (Å²) in [5.74, 6) is 0.779. The fraction of sp³-hybridized carbons (Fsp3) is 0.263. The Morgan fingerprint density at radius 2 is 1.96 bits per heavy atom. The van der Waals surface area contributed by atoms with Crippen LogP contribution in [0.4, 0.5) is 5.69 Å². The van der Waals surface area contributed by atoms with E-state index in [1.165, 1.54) is 7.11 Å². The van der Waals surface area contributed by atoms with Gasteiger partial charge in [0.25, 0.3) is 5.91 Å². The van der Waals surface area contributed by atoms with Crippen molar-refractivity contribution in [3.63, 3.8) is 0 Å². The Hall–Kier alpha value is -2.82. The van der Waals surface area contributed by atoms with Crippen molar-refractivity contribution >= 4 is 17.9 Å². The smallest absolute Gasteiger partial charge is 0.268 e. The van der Waals surface area contributed by atoms with Gasteiger partial charge in [-0.05, 0) is 31.5 Å². The molecule has 1 aliphatic heterocycles. The fourth-order valence-corrected chi connectivity index (χ4v) is 2.95. The van der Waals surface area contributed by atoms with Crippen molar-refractivity contribution in [3.8, 4) is 11.5 Å². The first kappa shape index (κ1) is 16.1. The zero-order valence-electron chi connectivity index (χ0n) is 13.9. The molecule has 2 unspecified atom stereocenters. The highest BCUT2D eigenvalue weighted by atomic mass is 16.5. The molecule has 0 saturated heterocycles. The first-order valence-corrected chi connectivity index (χ1v) is 7.78. The molecular weight excluding hydrogens is 306 g/mol. The van der Waals surface area contributed by atoms with Gasteiger partial charge in [-0.25, -0.2) is 0 Å². The van der Waals surface area contributed by atoms with Gasteiger partial charge in [0.2, 0.25) is 0 Å². The monoisotopic (exact) mass is 325 g/mol. The van der Waals surface area contributed by atoms with Crippen LogP contribution in [0.5, 0.6) is 11.5 Å². The number of fused-ring (bicyclic) bond motifs is 1. The predicted octanol–water partition coefficient (Wildman–Crippen LogP) is 3.38. The number of amides is 1. The van der Waals surface area contributed by atoms with Crippen LogP contribution in [0.15, 0.2) is 42.5 Å². The van der Waals surface area contributed by atoms with E-state index in [-0.39, 0.29) is 11.9 Å². The maximum atomic E-state index is 12.8. The summed E-state index contributed by atoms with van der Waals surface area (Å²) in [6.07, 6.45) is 0.107. The number of aldehydes is 1. The molecule has 1 heterocycles. The Balaban J connectivity index is 2.16. The van der Waals surface area contributed by atoms with Crippen molar-refractivity contribution in [1.82, 2.24) is 0 Å². The fourth-order valence-electron chi connectivity index (χ4n) is 2.95. The average molecular weight is 325 g/mol. The third-order valence-electron chi connectivity index (χ3n) is 4.22. The molecule has 1 amide bonds. The van der Waals surface area contributed by atoms with Gasteiger partial charge in [-0.2, -0.15) is 0 Å². The van der Waals surface area contributed by atoms with Crippen molar-refractivity contribution < 1.29 is 19.1 Å². The van der Waals surface area contributed by atoms with Crippen LogP contribution in [0.1, 0.15) is 35.8 Å². The molecule has 2 aromatic carbocycles. The number of anilines is 1. The van der Waals surface area contributed by atoms with Crippen molar-refractivity contribution in [3.05, 3.63) is 53.6 Å². The van der Waals surface area contributed by atoms with Crippen LogP contribution in [-0.2, 0) is 4.79 Å². The Labute approximate surface area is 140 Å². The summed E-state index contributed by atoms with van der Waals surface area (Å²) < 4.78 is 11.1. The summed E-state index contributed by atoms with van der Waals surface area (Å²) in [6.45, 7) is 3.66. The van der Waals surface area contributed by atoms with Crippen LogP contribution in [0.2, 0.25) is 0 Å². The van der Waals surface area contributed by atoms with Gasteiger partial charge < -0.3 is 9.47 Å². The highest BCUT2D eigenvalue weighted by molar-refractivity contribution is 6.02. The lowest BCUT2D eigenvalue weighted by molar-refractivity contribution is -0.126. The second-order valence-electron chi connectivity index (χ2n) is 5.74. The molecule has 0 spiro atoms. The van der Waals surface area contributed by atoms with Gasteiger partial charge in [0.1, 0.15) is 6.29 Å². The number of nitrogens with zero attached hydrogens (tertiary/aromatic N) is 1.